The van der Waals surface area contributed by atoms with Gasteiger partial charge in [0.15, 0.2) is 0 Å². The van der Waals surface area contributed by atoms with Gasteiger partial charge in [0.25, 0.3) is 5.56 Å². The number of aryl methyl sites for hydroxylation is 1. The van der Waals surface area contributed by atoms with Crippen LogP contribution in [-0.2, 0) is 7.05 Å². The van der Waals surface area contributed by atoms with Crippen LogP contribution in [0.2, 0.25) is 10.0 Å². The number of halogens is 2. The predicted molar refractivity (Wildman–Crippen MR) is 90.0 cm³/mol. The molecule has 1 aromatic heterocycles. The van der Waals surface area contributed by atoms with Crippen LogP contribution in [0.1, 0.15) is 22.9 Å². The third-order valence-corrected chi connectivity index (χ3v) is 4.70. The molecule has 0 unspecified atom stereocenters. The first kappa shape index (κ1) is 16.4. The molecule has 24 heavy (non-hydrogen) atoms. The van der Waals surface area contributed by atoms with Gasteiger partial charge >= 0.3 is 0 Å². The normalized spacial score (nSPS) is 16.4. The fourth-order valence-electron chi connectivity index (χ4n) is 2.62. The average molecular weight is 363 g/mol. The monoisotopic (exact) mass is 362 g/mol. The molecule has 2 N–H and O–H groups in total. The standard InChI is InChI=1S/C16H12Cl2N4O2/c1-7-21-15-13(16(23)22(7)2)12(9(6-19)14(20)24-15)8-3-4-10(17)11(18)5-8/h3-5,12H,20H2,1-2H3/t12-/m0/s1. The number of fused-ring (bicyclic) bond motifs is 1. The average Bonchev–Trinajstić information content (AvgIpc) is 2.54. The van der Waals surface area contributed by atoms with Gasteiger partial charge in [0, 0.05) is 7.05 Å². The molecule has 2 aromatic rings. The maximum atomic E-state index is 12.7. The molecule has 1 aliphatic rings. The number of nitriles is 1. The van der Waals surface area contributed by atoms with E-state index in [1.165, 1.54) is 4.57 Å². The number of allylic oxidation sites excluding steroid dienone is 1. The first-order chi connectivity index (χ1) is 11.3. The van der Waals surface area contributed by atoms with E-state index >= 15 is 0 Å². The van der Waals surface area contributed by atoms with Crippen molar-refractivity contribution in [1.29, 1.82) is 5.26 Å². The van der Waals surface area contributed by atoms with Gasteiger partial charge in [-0.3, -0.25) is 9.36 Å². The Bertz CT molecular complexity index is 989. The summed E-state index contributed by atoms with van der Waals surface area (Å²) in [6, 6.07) is 6.92. The van der Waals surface area contributed by atoms with Gasteiger partial charge in [-0.25, -0.2) is 0 Å². The fraction of sp³-hybridized carbons (Fsp3) is 0.188. The van der Waals surface area contributed by atoms with Gasteiger partial charge in [0.1, 0.15) is 17.5 Å². The SMILES string of the molecule is Cc1nc2c(c(=O)n1C)[C@@H](c1ccc(Cl)c(Cl)c1)C(C#N)=C(N)O2. The number of benzene rings is 1. The zero-order valence-corrected chi connectivity index (χ0v) is 14.3. The molecule has 0 saturated carbocycles. The molecule has 8 heteroatoms. The molecule has 0 bridgehead atoms. The van der Waals surface area contributed by atoms with Crippen LogP contribution in [0.15, 0.2) is 34.4 Å². The number of aromatic nitrogens is 2. The third-order valence-electron chi connectivity index (χ3n) is 3.96. The van der Waals surface area contributed by atoms with Crippen LogP contribution < -0.4 is 16.0 Å². The Labute approximate surface area is 147 Å². The van der Waals surface area contributed by atoms with Crippen molar-refractivity contribution in [2.75, 3.05) is 0 Å². The number of ether oxygens (including phenoxy) is 1. The number of nitrogens with zero attached hydrogens (tertiary/aromatic N) is 3. The van der Waals surface area contributed by atoms with Crippen molar-refractivity contribution < 1.29 is 4.74 Å². The van der Waals surface area contributed by atoms with E-state index in [0.29, 0.717) is 21.4 Å². The lowest BCUT2D eigenvalue weighted by Crippen LogP contribution is -2.32. The summed E-state index contributed by atoms with van der Waals surface area (Å²) in [6.45, 7) is 1.68. The minimum atomic E-state index is -0.722. The van der Waals surface area contributed by atoms with Gasteiger partial charge in [-0.15, -0.1) is 0 Å². The van der Waals surface area contributed by atoms with Crippen LogP contribution in [-0.4, -0.2) is 9.55 Å². The van der Waals surface area contributed by atoms with E-state index < -0.39 is 5.92 Å². The van der Waals surface area contributed by atoms with Gasteiger partial charge in [0.2, 0.25) is 11.8 Å². The molecule has 1 aromatic carbocycles. The Morgan fingerprint density at radius 2 is 2.08 bits per heavy atom. The predicted octanol–water partition coefficient (Wildman–Crippen LogP) is 2.61. The molecule has 0 amide bonds. The third kappa shape index (κ3) is 2.42. The molecule has 0 saturated heterocycles. The summed E-state index contributed by atoms with van der Waals surface area (Å²) in [6.07, 6.45) is 0. The fourth-order valence-corrected chi connectivity index (χ4v) is 2.92. The molecule has 1 aliphatic heterocycles. The van der Waals surface area contributed by atoms with E-state index in [1.807, 2.05) is 6.07 Å². The zero-order chi connectivity index (χ0) is 17.6. The highest BCUT2D eigenvalue weighted by Crippen LogP contribution is 2.40. The Balaban J connectivity index is 2.35. The highest BCUT2D eigenvalue weighted by atomic mass is 35.5. The number of nitrogens with two attached hydrogens (primary N) is 1. The maximum Gasteiger partial charge on any atom is 0.261 e. The zero-order valence-electron chi connectivity index (χ0n) is 12.8. The van der Waals surface area contributed by atoms with Gasteiger partial charge in [-0.1, -0.05) is 29.3 Å². The molecule has 2 heterocycles. The number of hydrogen-bond donors (Lipinski definition) is 1. The van der Waals surface area contributed by atoms with Crippen LogP contribution in [0.5, 0.6) is 5.88 Å². The molecule has 3 rings (SSSR count). The van der Waals surface area contributed by atoms with E-state index in [4.69, 9.17) is 33.7 Å². The van der Waals surface area contributed by atoms with E-state index in [9.17, 15) is 10.1 Å². The Morgan fingerprint density at radius 3 is 2.71 bits per heavy atom. The summed E-state index contributed by atoms with van der Waals surface area (Å²) in [5, 5.41) is 10.2. The van der Waals surface area contributed by atoms with Crippen LogP contribution in [0.3, 0.4) is 0 Å². The second kappa shape index (κ2) is 5.86. The first-order valence-corrected chi connectivity index (χ1v) is 7.70. The van der Waals surface area contributed by atoms with E-state index in [1.54, 1.807) is 32.2 Å². The van der Waals surface area contributed by atoms with Crippen molar-refractivity contribution in [2.24, 2.45) is 12.8 Å². The van der Waals surface area contributed by atoms with Crippen molar-refractivity contribution in [1.82, 2.24) is 9.55 Å². The molecule has 122 valence electrons. The van der Waals surface area contributed by atoms with Crippen LogP contribution in [0, 0.1) is 18.3 Å². The first-order valence-electron chi connectivity index (χ1n) is 6.95. The summed E-state index contributed by atoms with van der Waals surface area (Å²) in [4.78, 5) is 17.0. The quantitative estimate of drug-likeness (QED) is 0.841. The van der Waals surface area contributed by atoms with Crippen molar-refractivity contribution in [3.8, 4) is 11.9 Å². The van der Waals surface area contributed by atoms with Crippen LogP contribution in [0.4, 0.5) is 0 Å². The Hall–Kier alpha value is -2.49. The van der Waals surface area contributed by atoms with Crippen LogP contribution in [0.25, 0.3) is 0 Å². The lowest BCUT2D eigenvalue weighted by atomic mass is 9.85. The highest BCUT2D eigenvalue weighted by Gasteiger charge is 2.35. The molecule has 1 atom stereocenters. The summed E-state index contributed by atoms with van der Waals surface area (Å²) < 4.78 is 6.80. The molecule has 6 nitrogen and oxygen atoms in total. The van der Waals surface area contributed by atoms with Gasteiger partial charge in [-0.05, 0) is 24.6 Å². The molecule has 0 fully saturated rings. The Morgan fingerprint density at radius 1 is 1.38 bits per heavy atom. The summed E-state index contributed by atoms with van der Waals surface area (Å²) in [5.41, 5.74) is 6.53. The number of hydrogen-bond acceptors (Lipinski definition) is 5. The maximum absolute atomic E-state index is 12.7. The van der Waals surface area contributed by atoms with Gasteiger partial charge in [-0.2, -0.15) is 10.2 Å². The summed E-state index contributed by atoms with van der Waals surface area (Å²) >= 11 is 12.1. The van der Waals surface area contributed by atoms with Gasteiger partial charge in [0.05, 0.1) is 21.5 Å². The molecular formula is C16H12Cl2N4O2. The van der Waals surface area contributed by atoms with Crippen molar-refractivity contribution >= 4 is 23.2 Å². The van der Waals surface area contributed by atoms with Gasteiger partial charge < -0.3 is 10.5 Å². The second-order valence-corrected chi connectivity index (χ2v) is 6.15. The molecular weight excluding hydrogens is 351 g/mol. The largest absolute Gasteiger partial charge is 0.422 e. The van der Waals surface area contributed by atoms with E-state index in [2.05, 4.69) is 4.98 Å². The highest BCUT2D eigenvalue weighted by molar-refractivity contribution is 6.42. The lowest BCUT2D eigenvalue weighted by molar-refractivity contribution is 0.371. The van der Waals surface area contributed by atoms with Crippen molar-refractivity contribution in [3.05, 3.63) is 67.0 Å². The minimum absolute atomic E-state index is 0.0822. The number of rotatable bonds is 1. The summed E-state index contributed by atoms with van der Waals surface area (Å²) in [5.74, 6) is -0.232. The molecule has 0 aliphatic carbocycles. The van der Waals surface area contributed by atoms with Crippen molar-refractivity contribution in [3.63, 3.8) is 0 Å². The Kier molecular flexibility index (Phi) is 3.99. The van der Waals surface area contributed by atoms with E-state index in [0.717, 1.165) is 0 Å². The molecule has 0 radical (unpaired) electrons. The lowest BCUT2D eigenvalue weighted by Gasteiger charge is -2.26. The van der Waals surface area contributed by atoms with E-state index in [-0.39, 0.29) is 28.5 Å². The molecule has 0 spiro atoms. The van der Waals surface area contributed by atoms with Crippen LogP contribution >= 0.6 is 23.2 Å². The second-order valence-electron chi connectivity index (χ2n) is 5.34. The topological polar surface area (TPSA) is 93.9 Å². The minimum Gasteiger partial charge on any atom is -0.422 e. The summed E-state index contributed by atoms with van der Waals surface area (Å²) in [7, 11) is 1.60. The smallest absolute Gasteiger partial charge is 0.261 e. The van der Waals surface area contributed by atoms with Crippen molar-refractivity contribution in [2.45, 2.75) is 12.8 Å².